The minimum absolute atomic E-state index is 0.00671. The van der Waals surface area contributed by atoms with Gasteiger partial charge < -0.3 is 83.0 Å². The molecule has 6 N–H and O–H groups in total. The molecule has 2 amide bonds. The standard InChI is InChI=1S/C54H69NO11.C35H59NO9/c1-30(2)25-39-44(65-47(35-17-21-37(59-10)22-18-35)55(39)50(57)61-28-34-15-13-12-14-16-34)48(56)63-40-27-54(51(6,7)58)33(5)45-52(8)29-62-41(52)26-42-53(45,9)46(32(4)43(54)31(40)3)66-49(64-42)36-19-23-38(60-11)24-20-36;1-17(2)13-21(36-30(41)45-31(6,7)8)26(38)29(40)44-22-15-35(32(9,10)42)20(5)27-33(11)16-43-24(33)14-23(37)34(27,12)28(39)19(4)25(35)18(22)3/h12-24,30,32-33,39-42,44-47,49,58H,25-29H2,1-11H3;17,19-24,26-28,37-39,42H,13-16H2,1-12H3,(H,36,41)/t32-,33-,39-,40-,41+,42-,44?,45+,46-,47?,49?,52+,53+,54+;19-,20-,21-,22-,23-,24+,26?,27+,28-,33+,34+,35+/m00/s1. The van der Waals surface area contributed by atoms with E-state index in [9.17, 15) is 39.9 Å². The molecule has 4 heterocycles. The molecular weight excluding hydrogens is 1420 g/mol. The number of hydrogen-bond acceptors (Lipinski definition) is 20. The summed E-state index contributed by atoms with van der Waals surface area (Å²) in [6.45, 7) is 43.0. The number of rotatable bonds is 18. The second kappa shape index (κ2) is 30.5. The van der Waals surface area contributed by atoms with Gasteiger partial charge in [0.2, 0.25) is 0 Å². The van der Waals surface area contributed by atoms with E-state index in [0.29, 0.717) is 50.2 Å². The van der Waals surface area contributed by atoms with Gasteiger partial charge in [-0.1, -0.05) is 149 Å². The van der Waals surface area contributed by atoms with E-state index in [4.69, 9.17) is 52.1 Å². The van der Waals surface area contributed by atoms with Crippen LogP contribution < -0.4 is 14.8 Å². The molecule has 4 unspecified atom stereocenters. The van der Waals surface area contributed by atoms with Crippen molar-refractivity contribution in [1.82, 2.24) is 10.2 Å². The van der Waals surface area contributed by atoms with Crippen molar-refractivity contribution in [2.45, 2.75) is 293 Å². The monoisotopic (exact) mass is 1540 g/mol. The van der Waals surface area contributed by atoms with Crippen molar-refractivity contribution in [3.8, 4) is 11.5 Å². The first-order valence-corrected chi connectivity index (χ1v) is 40.6. The zero-order valence-corrected chi connectivity index (χ0v) is 69.9. The Morgan fingerprint density at radius 1 is 0.640 bits per heavy atom. The van der Waals surface area contributed by atoms with Crippen molar-refractivity contribution in [1.29, 1.82) is 0 Å². The van der Waals surface area contributed by atoms with Crippen LogP contribution in [0, 0.1) is 79.8 Å². The van der Waals surface area contributed by atoms with Crippen LogP contribution in [0.5, 0.6) is 11.5 Å². The zero-order valence-electron chi connectivity index (χ0n) is 69.9. The summed E-state index contributed by atoms with van der Waals surface area (Å²) in [5.41, 5.74) is -0.895. The van der Waals surface area contributed by atoms with Crippen molar-refractivity contribution >= 4 is 24.1 Å². The second-order valence-electron chi connectivity index (χ2n) is 38.3. The maximum absolute atomic E-state index is 15.1. The van der Waals surface area contributed by atoms with Crippen LogP contribution >= 0.6 is 0 Å². The maximum Gasteiger partial charge on any atom is 0.412 e. The Morgan fingerprint density at radius 3 is 1.65 bits per heavy atom. The van der Waals surface area contributed by atoms with E-state index >= 15 is 4.79 Å². The average Bonchev–Trinajstić information content (AvgIpc) is 1.56. The number of benzene rings is 3. The predicted molar refractivity (Wildman–Crippen MR) is 415 cm³/mol. The average molecular weight is 1550 g/mol. The first kappa shape index (κ1) is 84.2. The molecule has 3 aromatic carbocycles. The Hall–Kier alpha value is -6.18. The molecular formula is C89H128N2O20. The highest BCUT2D eigenvalue weighted by atomic mass is 16.7. The highest BCUT2D eigenvalue weighted by molar-refractivity contribution is 5.80. The lowest BCUT2D eigenvalue weighted by molar-refractivity contribution is -0.381. The number of amides is 2. The minimum atomic E-state index is -1.65. The van der Waals surface area contributed by atoms with E-state index in [1.54, 1.807) is 53.7 Å². The zero-order chi connectivity index (χ0) is 81.3. The van der Waals surface area contributed by atoms with Crippen LogP contribution in [0.4, 0.5) is 9.59 Å². The van der Waals surface area contributed by atoms with Crippen molar-refractivity contribution in [2.24, 2.45) is 79.8 Å². The van der Waals surface area contributed by atoms with E-state index in [2.05, 4.69) is 67.6 Å². The van der Waals surface area contributed by atoms with Gasteiger partial charge in [0.05, 0.1) is 87.3 Å². The lowest BCUT2D eigenvalue weighted by atomic mass is 9.44. The smallest absolute Gasteiger partial charge is 0.412 e. The number of nitrogens with one attached hydrogen (secondary N) is 1. The number of alkyl carbamates (subject to hydrolysis) is 1. The number of carbonyl (C=O) groups is 4. The topological polar surface area (TPSA) is 286 Å². The number of nitrogens with zero attached hydrogens (tertiary/aromatic N) is 1. The fourth-order valence-electron chi connectivity index (χ4n) is 24.0. The van der Waals surface area contributed by atoms with Gasteiger partial charge in [-0.3, -0.25) is 4.90 Å². The number of aliphatic hydroxyl groups excluding tert-OH is 3. The number of ether oxygens (including phenoxy) is 11. The maximum atomic E-state index is 15.1. The molecule has 8 fully saturated rings. The number of fused-ring (bicyclic) bond motifs is 7. The lowest BCUT2D eigenvalue weighted by Gasteiger charge is -2.68. The predicted octanol–water partition coefficient (Wildman–Crippen LogP) is 13.9. The third kappa shape index (κ3) is 14.1. The molecule has 22 heteroatoms. The van der Waals surface area contributed by atoms with Crippen LogP contribution in [-0.2, 0) is 58.8 Å². The molecule has 111 heavy (non-hydrogen) atoms. The molecule has 4 aliphatic heterocycles. The molecule has 3 aromatic rings. The summed E-state index contributed by atoms with van der Waals surface area (Å²) in [6.07, 6.45) is -6.91. The fraction of sp³-hybridized carbons (Fsp3) is 0.708. The summed E-state index contributed by atoms with van der Waals surface area (Å²) >= 11 is 0. The number of carbonyl (C=O) groups excluding carboxylic acids is 4. The van der Waals surface area contributed by atoms with Crippen LogP contribution in [0.3, 0.4) is 0 Å². The number of esters is 2. The molecule has 0 spiro atoms. The van der Waals surface area contributed by atoms with Crippen molar-refractivity contribution < 1.29 is 96.8 Å². The van der Waals surface area contributed by atoms with Gasteiger partial charge in [0.15, 0.2) is 24.7 Å². The summed E-state index contributed by atoms with van der Waals surface area (Å²) in [7, 11) is 3.25. The summed E-state index contributed by atoms with van der Waals surface area (Å²) in [5.74, 6) is -1.11. The Bertz CT molecular complexity index is 3950. The number of hydrogen-bond donors (Lipinski definition) is 6. The van der Waals surface area contributed by atoms with Crippen LogP contribution in [0.2, 0.25) is 0 Å². The Kier molecular flexibility index (Phi) is 23.1. The molecule has 0 radical (unpaired) electrons. The van der Waals surface area contributed by atoms with Gasteiger partial charge in [-0.25, -0.2) is 19.2 Å². The summed E-state index contributed by atoms with van der Waals surface area (Å²) in [5, 5.41) is 62.5. The van der Waals surface area contributed by atoms with E-state index in [1.165, 1.54) is 0 Å². The van der Waals surface area contributed by atoms with E-state index < -0.39 is 130 Å². The Morgan fingerprint density at radius 2 is 1.15 bits per heavy atom. The fourth-order valence-corrected chi connectivity index (χ4v) is 24.0. The molecule has 4 saturated heterocycles. The van der Waals surface area contributed by atoms with Gasteiger partial charge in [-0.2, -0.15) is 0 Å². The highest BCUT2D eigenvalue weighted by Crippen LogP contribution is 2.75. The third-order valence-electron chi connectivity index (χ3n) is 28.8. The van der Waals surface area contributed by atoms with Gasteiger partial charge in [-0.05, 0) is 152 Å². The minimum Gasteiger partial charge on any atom is -0.497 e. The molecule has 4 saturated carbocycles. The number of aliphatic hydroxyl groups is 5. The summed E-state index contributed by atoms with van der Waals surface area (Å²) in [4.78, 5) is 57.2. The number of methoxy groups -OCH3 is 2. The quantitative estimate of drug-likeness (QED) is 0.0392. The second-order valence-corrected chi connectivity index (χ2v) is 38.3. The van der Waals surface area contributed by atoms with Gasteiger partial charge in [-0.15, -0.1) is 0 Å². The van der Waals surface area contributed by atoms with Crippen LogP contribution in [0.25, 0.3) is 0 Å². The van der Waals surface area contributed by atoms with Gasteiger partial charge in [0.25, 0.3) is 0 Å². The molecule has 26 atom stereocenters. The van der Waals surface area contributed by atoms with Crippen LogP contribution in [0.1, 0.15) is 213 Å². The van der Waals surface area contributed by atoms with Crippen molar-refractivity contribution in [2.75, 3.05) is 27.4 Å². The molecule has 13 rings (SSSR count). The molecule has 0 aromatic heterocycles. The first-order valence-electron chi connectivity index (χ1n) is 40.6. The third-order valence-corrected chi connectivity index (χ3v) is 28.8. The molecule has 6 aliphatic carbocycles. The molecule has 22 nitrogen and oxygen atoms in total. The Balaban J connectivity index is 0.000000223. The normalized spacial score (nSPS) is 38.7. The molecule has 0 bridgehead atoms. The largest absolute Gasteiger partial charge is 0.497 e. The van der Waals surface area contributed by atoms with Gasteiger partial charge in [0, 0.05) is 81.1 Å². The first-order chi connectivity index (χ1) is 51.8. The summed E-state index contributed by atoms with van der Waals surface area (Å²) < 4.78 is 68.6. The molecule has 614 valence electrons. The van der Waals surface area contributed by atoms with Crippen LogP contribution in [0.15, 0.2) is 101 Å². The highest BCUT2D eigenvalue weighted by Gasteiger charge is 2.77. The van der Waals surface area contributed by atoms with Gasteiger partial charge in [0.1, 0.15) is 35.9 Å². The van der Waals surface area contributed by atoms with E-state index in [0.717, 1.165) is 45.6 Å². The molecule has 10 aliphatic rings. The van der Waals surface area contributed by atoms with Crippen molar-refractivity contribution in [3.05, 3.63) is 118 Å². The lowest BCUT2D eigenvalue weighted by Crippen LogP contribution is -2.72. The van der Waals surface area contributed by atoms with Crippen molar-refractivity contribution in [3.63, 3.8) is 0 Å². The van der Waals surface area contributed by atoms with E-state index in [-0.39, 0.29) is 89.7 Å². The summed E-state index contributed by atoms with van der Waals surface area (Å²) in [6, 6.07) is 23.0. The van der Waals surface area contributed by atoms with E-state index in [1.807, 2.05) is 127 Å². The SMILES string of the molecule is CC1=C2[C@H](C)[C@H](O)[C@@]3(C)[C@H]([C@H](C)[C@]2(C(C)(C)O)C[C@@H]1OC(=O)C(O)[C@H](CC(C)C)NC(=O)OC(C)(C)C)[C@]1(C)CO[C@@H]1C[C@@H]3O.COc1ccc(C2O[C@H]3C[C@H]4OC[C@@]4(C)[C@H]4[C@H](C)[C@]5(C(C)(C)O)C[C@H](OC(=O)C6OC(c7ccc(OC)cc7)N(C(=O)OCc7ccccc7)[C@H]6CC(C)C)C(C)=C5[C@H](C)[C@H](O2)[C@]34C)cc1. The Labute approximate surface area is 657 Å². The van der Waals surface area contributed by atoms with Crippen LogP contribution in [-0.4, -0.2) is 172 Å². The van der Waals surface area contributed by atoms with Gasteiger partial charge >= 0.3 is 24.1 Å².